The van der Waals surface area contributed by atoms with Crippen LogP contribution in [0, 0.1) is 5.92 Å². The van der Waals surface area contributed by atoms with Crippen molar-refractivity contribution in [2.45, 2.75) is 25.8 Å². The number of methoxy groups -OCH3 is 1. The van der Waals surface area contributed by atoms with Crippen molar-refractivity contribution in [1.29, 1.82) is 0 Å². The zero-order valence-corrected chi connectivity index (χ0v) is 13.7. The Morgan fingerprint density at radius 1 is 1.25 bits per heavy atom. The lowest BCUT2D eigenvalue weighted by atomic mass is 9.85. The Kier molecular flexibility index (Phi) is 4.93. The first-order valence-corrected chi connectivity index (χ1v) is 8.17. The summed E-state index contributed by atoms with van der Waals surface area (Å²) in [6.07, 6.45) is 3.07. The molecule has 6 heteroatoms. The maximum absolute atomic E-state index is 11.9. The summed E-state index contributed by atoms with van der Waals surface area (Å²) in [5, 5.41) is 7.27. The van der Waals surface area contributed by atoms with Crippen molar-refractivity contribution >= 4 is 5.91 Å². The Bertz CT molecular complexity index is 764. The van der Waals surface area contributed by atoms with Crippen LogP contribution in [0.2, 0.25) is 0 Å². The average Bonchev–Trinajstić information content (AvgIpc) is 2.55. The Balaban J connectivity index is 1.66. The minimum atomic E-state index is -0.176. The van der Waals surface area contributed by atoms with E-state index < -0.39 is 0 Å². The molecule has 1 aromatic heterocycles. The fourth-order valence-corrected chi connectivity index (χ4v) is 2.62. The largest absolute Gasteiger partial charge is 0.497 e. The molecule has 1 N–H and O–H groups in total. The van der Waals surface area contributed by atoms with Crippen LogP contribution in [-0.4, -0.2) is 29.3 Å². The molecule has 6 nitrogen and oxygen atoms in total. The van der Waals surface area contributed by atoms with Gasteiger partial charge >= 0.3 is 0 Å². The molecule has 0 bridgehead atoms. The molecule has 1 aromatic carbocycles. The molecule has 126 valence electrons. The van der Waals surface area contributed by atoms with E-state index in [1.165, 1.54) is 10.7 Å². The van der Waals surface area contributed by atoms with Crippen molar-refractivity contribution in [3.63, 3.8) is 0 Å². The van der Waals surface area contributed by atoms with Crippen LogP contribution in [-0.2, 0) is 11.3 Å². The van der Waals surface area contributed by atoms with Gasteiger partial charge in [0, 0.05) is 24.1 Å². The molecule has 1 amide bonds. The highest BCUT2D eigenvalue weighted by atomic mass is 16.5. The molecule has 1 saturated carbocycles. The summed E-state index contributed by atoms with van der Waals surface area (Å²) >= 11 is 0. The molecule has 0 aliphatic heterocycles. The first-order valence-electron chi connectivity index (χ1n) is 8.17. The number of nitrogens with zero attached hydrogens (tertiary/aromatic N) is 2. The number of rotatable bonds is 6. The zero-order valence-electron chi connectivity index (χ0n) is 13.7. The van der Waals surface area contributed by atoms with Crippen LogP contribution in [0.3, 0.4) is 0 Å². The molecule has 0 radical (unpaired) electrons. The van der Waals surface area contributed by atoms with Gasteiger partial charge in [-0.15, -0.1) is 0 Å². The van der Waals surface area contributed by atoms with Crippen molar-refractivity contribution in [3.8, 4) is 17.0 Å². The summed E-state index contributed by atoms with van der Waals surface area (Å²) in [4.78, 5) is 23.8. The average molecular weight is 327 g/mol. The van der Waals surface area contributed by atoms with E-state index in [-0.39, 0.29) is 17.4 Å². The molecule has 1 heterocycles. The summed E-state index contributed by atoms with van der Waals surface area (Å²) in [5.74, 6) is 1.01. The Morgan fingerprint density at radius 3 is 2.62 bits per heavy atom. The zero-order chi connectivity index (χ0) is 16.9. The molecular formula is C18H21N3O3. The number of hydrogen-bond acceptors (Lipinski definition) is 4. The SMILES string of the molecule is COc1ccc(-c2ccc(=O)n(CCNC(=O)C3CCC3)n2)cc1. The number of aromatic nitrogens is 2. The summed E-state index contributed by atoms with van der Waals surface area (Å²) in [7, 11) is 1.62. The number of carbonyl (C=O) groups excluding carboxylic acids is 1. The third kappa shape index (κ3) is 3.64. The second-order valence-corrected chi connectivity index (χ2v) is 5.93. The van der Waals surface area contributed by atoms with Gasteiger partial charge in [0.25, 0.3) is 5.56 Å². The number of nitrogens with one attached hydrogen (secondary N) is 1. The maximum atomic E-state index is 11.9. The Hall–Kier alpha value is -2.63. The molecule has 1 fully saturated rings. The lowest BCUT2D eigenvalue weighted by Gasteiger charge is -2.24. The van der Waals surface area contributed by atoms with Crippen molar-refractivity contribution in [2.75, 3.05) is 13.7 Å². The molecule has 24 heavy (non-hydrogen) atoms. The topological polar surface area (TPSA) is 73.2 Å². The minimum absolute atomic E-state index is 0.0839. The summed E-state index contributed by atoms with van der Waals surface area (Å²) < 4.78 is 6.53. The van der Waals surface area contributed by atoms with Crippen molar-refractivity contribution < 1.29 is 9.53 Å². The fourth-order valence-electron chi connectivity index (χ4n) is 2.62. The van der Waals surface area contributed by atoms with Gasteiger partial charge in [-0.3, -0.25) is 9.59 Å². The second kappa shape index (κ2) is 7.29. The van der Waals surface area contributed by atoms with Gasteiger partial charge in [0.15, 0.2) is 0 Å². The smallest absolute Gasteiger partial charge is 0.266 e. The first-order chi connectivity index (χ1) is 11.7. The van der Waals surface area contributed by atoms with Gasteiger partial charge in [0.05, 0.1) is 19.3 Å². The summed E-state index contributed by atoms with van der Waals surface area (Å²) in [6, 6.07) is 10.7. The van der Waals surface area contributed by atoms with E-state index in [4.69, 9.17) is 4.74 Å². The monoisotopic (exact) mass is 327 g/mol. The van der Waals surface area contributed by atoms with E-state index in [0.29, 0.717) is 18.8 Å². The maximum Gasteiger partial charge on any atom is 0.266 e. The van der Waals surface area contributed by atoms with Gasteiger partial charge < -0.3 is 10.1 Å². The van der Waals surface area contributed by atoms with Crippen LogP contribution < -0.4 is 15.6 Å². The lowest BCUT2D eigenvalue weighted by Crippen LogP contribution is -2.37. The second-order valence-electron chi connectivity index (χ2n) is 5.93. The van der Waals surface area contributed by atoms with Crippen molar-refractivity contribution in [1.82, 2.24) is 15.1 Å². The van der Waals surface area contributed by atoms with Crippen LogP contribution in [0.15, 0.2) is 41.2 Å². The van der Waals surface area contributed by atoms with Crippen molar-refractivity contribution in [3.05, 3.63) is 46.8 Å². The number of carbonyl (C=O) groups is 1. The molecular weight excluding hydrogens is 306 g/mol. The lowest BCUT2D eigenvalue weighted by molar-refractivity contribution is -0.127. The van der Waals surface area contributed by atoms with Crippen LogP contribution in [0.25, 0.3) is 11.3 Å². The van der Waals surface area contributed by atoms with Gasteiger partial charge in [0.2, 0.25) is 5.91 Å². The normalized spacial score (nSPS) is 14.0. The van der Waals surface area contributed by atoms with Crippen molar-refractivity contribution in [2.24, 2.45) is 5.92 Å². The van der Waals surface area contributed by atoms with Crippen LogP contribution >= 0.6 is 0 Å². The number of amides is 1. The highest BCUT2D eigenvalue weighted by Crippen LogP contribution is 2.26. The predicted octanol–water partition coefficient (Wildman–Crippen LogP) is 1.84. The summed E-state index contributed by atoms with van der Waals surface area (Å²) in [5.41, 5.74) is 1.44. The highest BCUT2D eigenvalue weighted by molar-refractivity contribution is 5.79. The van der Waals surface area contributed by atoms with E-state index in [1.54, 1.807) is 13.2 Å². The van der Waals surface area contributed by atoms with Crippen LogP contribution in [0.4, 0.5) is 0 Å². The van der Waals surface area contributed by atoms with E-state index in [9.17, 15) is 9.59 Å². The van der Waals surface area contributed by atoms with Gasteiger partial charge in [0.1, 0.15) is 5.75 Å². The van der Waals surface area contributed by atoms with Crippen LogP contribution in [0.5, 0.6) is 5.75 Å². The molecule has 0 spiro atoms. The van der Waals surface area contributed by atoms with E-state index >= 15 is 0 Å². The van der Waals surface area contributed by atoms with E-state index in [2.05, 4.69) is 10.4 Å². The molecule has 0 unspecified atom stereocenters. The van der Waals surface area contributed by atoms with Gasteiger partial charge in [-0.1, -0.05) is 6.42 Å². The molecule has 1 aliphatic carbocycles. The quantitative estimate of drug-likeness (QED) is 0.878. The molecule has 1 aliphatic rings. The fraction of sp³-hybridized carbons (Fsp3) is 0.389. The molecule has 0 saturated heterocycles. The van der Waals surface area contributed by atoms with E-state index in [0.717, 1.165) is 30.6 Å². The van der Waals surface area contributed by atoms with Crippen LogP contribution in [0.1, 0.15) is 19.3 Å². The number of benzene rings is 1. The number of hydrogen-bond donors (Lipinski definition) is 1. The summed E-state index contributed by atoms with van der Waals surface area (Å²) in [6.45, 7) is 0.773. The van der Waals surface area contributed by atoms with Gasteiger partial charge in [-0.2, -0.15) is 5.10 Å². The third-order valence-corrected chi connectivity index (χ3v) is 4.35. The highest BCUT2D eigenvalue weighted by Gasteiger charge is 2.24. The van der Waals surface area contributed by atoms with Gasteiger partial charge in [-0.05, 0) is 43.2 Å². The molecule has 2 aromatic rings. The molecule has 3 rings (SSSR count). The Labute approximate surface area is 140 Å². The third-order valence-electron chi connectivity index (χ3n) is 4.35. The standard InChI is InChI=1S/C18H21N3O3/c1-24-15-7-5-13(6-8-15)16-9-10-17(22)21(20-16)12-11-19-18(23)14-3-2-4-14/h5-10,14H,2-4,11-12H2,1H3,(H,19,23). The Morgan fingerprint density at radius 2 is 2.00 bits per heavy atom. The van der Waals surface area contributed by atoms with E-state index in [1.807, 2.05) is 24.3 Å². The minimum Gasteiger partial charge on any atom is -0.497 e. The van der Waals surface area contributed by atoms with Gasteiger partial charge in [-0.25, -0.2) is 4.68 Å². The first kappa shape index (κ1) is 16.2. The molecule has 0 atom stereocenters. The number of ether oxygens (including phenoxy) is 1. The predicted molar refractivity (Wildman–Crippen MR) is 90.8 cm³/mol.